The summed E-state index contributed by atoms with van der Waals surface area (Å²) in [5.74, 6) is 0.489. The lowest BCUT2D eigenvalue weighted by Crippen LogP contribution is -2.53. The highest BCUT2D eigenvalue weighted by atomic mass is 35.5. The molecule has 1 unspecified atom stereocenters. The van der Waals surface area contributed by atoms with E-state index in [0.717, 1.165) is 0 Å². The molecule has 7 heteroatoms. The molecule has 1 fully saturated rings. The Balaban J connectivity index is 1.76. The Bertz CT molecular complexity index is 556. The Hall–Kier alpha value is -1.79. The van der Waals surface area contributed by atoms with Gasteiger partial charge in [0.25, 0.3) is 11.8 Å². The molecule has 1 aromatic rings. The number of benzene rings is 1. The number of nitrogens with zero attached hydrogens (tertiary/aromatic N) is 2. The van der Waals surface area contributed by atoms with Crippen LogP contribution in [0.25, 0.3) is 0 Å². The van der Waals surface area contributed by atoms with E-state index in [2.05, 4.69) is 0 Å². The number of ether oxygens (including phenoxy) is 2. The van der Waals surface area contributed by atoms with Gasteiger partial charge in [0, 0.05) is 37.8 Å². The molecule has 1 heterocycles. The van der Waals surface area contributed by atoms with Crippen LogP contribution in [0.4, 0.5) is 0 Å². The van der Waals surface area contributed by atoms with Crippen molar-refractivity contribution in [2.45, 2.75) is 20.0 Å². The second-order valence-corrected chi connectivity index (χ2v) is 5.98. The third-order valence-corrected chi connectivity index (χ3v) is 4.14. The first kappa shape index (κ1) is 18.5. The van der Waals surface area contributed by atoms with Crippen molar-refractivity contribution in [3.8, 4) is 5.75 Å². The zero-order chi connectivity index (χ0) is 17.5. The van der Waals surface area contributed by atoms with Crippen molar-refractivity contribution in [2.75, 3.05) is 39.4 Å². The van der Waals surface area contributed by atoms with Crippen molar-refractivity contribution in [3.63, 3.8) is 0 Å². The Morgan fingerprint density at radius 3 is 2.29 bits per heavy atom. The van der Waals surface area contributed by atoms with Gasteiger partial charge in [0.05, 0.1) is 0 Å². The van der Waals surface area contributed by atoms with Gasteiger partial charge in [-0.2, -0.15) is 0 Å². The standard InChI is InChI=1S/C17H23ClN2O4/c1-3-23-13(2)17(22)20-10-8-19(9-11-20)16(21)12-24-15-6-4-14(18)5-7-15/h4-7,13H,3,8-12H2,1-2H3. The molecule has 24 heavy (non-hydrogen) atoms. The molecule has 0 N–H and O–H groups in total. The van der Waals surface area contributed by atoms with Crippen molar-refractivity contribution in [3.05, 3.63) is 29.3 Å². The summed E-state index contributed by atoms with van der Waals surface area (Å²) in [6, 6.07) is 6.87. The number of carbonyl (C=O) groups is 2. The van der Waals surface area contributed by atoms with Gasteiger partial charge in [-0.25, -0.2) is 0 Å². The highest BCUT2D eigenvalue weighted by Crippen LogP contribution is 2.15. The predicted octanol–water partition coefficient (Wildman–Crippen LogP) is 1.81. The fourth-order valence-corrected chi connectivity index (χ4v) is 2.65. The van der Waals surface area contributed by atoms with Gasteiger partial charge >= 0.3 is 0 Å². The third kappa shape index (κ3) is 5.11. The highest BCUT2D eigenvalue weighted by Gasteiger charge is 2.27. The molecule has 1 aliphatic rings. The maximum Gasteiger partial charge on any atom is 0.260 e. The quantitative estimate of drug-likeness (QED) is 0.781. The number of piperazine rings is 1. The molecular formula is C17H23ClN2O4. The molecule has 0 aromatic heterocycles. The van der Waals surface area contributed by atoms with Gasteiger partial charge in [0.1, 0.15) is 11.9 Å². The minimum absolute atomic E-state index is 0.0229. The molecule has 0 aliphatic carbocycles. The fraction of sp³-hybridized carbons (Fsp3) is 0.529. The number of rotatable bonds is 6. The molecule has 0 bridgehead atoms. The summed E-state index contributed by atoms with van der Waals surface area (Å²) in [6.45, 7) is 6.15. The van der Waals surface area contributed by atoms with Gasteiger partial charge in [-0.1, -0.05) is 11.6 Å². The zero-order valence-electron chi connectivity index (χ0n) is 14.0. The summed E-state index contributed by atoms with van der Waals surface area (Å²) in [6.07, 6.45) is -0.439. The number of halogens is 1. The van der Waals surface area contributed by atoms with E-state index in [0.29, 0.717) is 43.6 Å². The van der Waals surface area contributed by atoms with Crippen LogP contribution in [0, 0.1) is 0 Å². The van der Waals surface area contributed by atoms with Crippen molar-refractivity contribution >= 4 is 23.4 Å². The van der Waals surface area contributed by atoms with E-state index >= 15 is 0 Å². The Morgan fingerprint density at radius 1 is 1.12 bits per heavy atom. The lowest BCUT2D eigenvalue weighted by molar-refractivity contribution is -0.147. The van der Waals surface area contributed by atoms with Gasteiger partial charge in [0.2, 0.25) is 0 Å². The smallest absolute Gasteiger partial charge is 0.260 e. The van der Waals surface area contributed by atoms with Crippen LogP contribution in [0.2, 0.25) is 5.02 Å². The minimum Gasteiger partial charge on any atom is -0.484 e. The SMILES string of the molecule is CCOC(C)C(=O)N1CCN(C(=O)COc2ccc(Cl)cc2)CC1. The Kier molecular flexibility index (Phi) is 6.87. The molecule has 0 saturated carbocycles. The molecule has 1 aliphatic heterocycles. The molecule has 1 aromatic carbocycles. The maximum atomic E-state index is 12.2. The van der Waals surface area contributed by atoms with E-state index in [4.69, 9.17) is 21.1 Å². The van der Waals surface area contributed by atoms with Crippen molar-refractivity contribution in [1.29, 1.82) is 0 Å². The number of hydrogen-bond donors (Lipinski definition) is 0. The molecule has 1 saturated heterocycles. The van der Waals surface area contributed by atoms with Gasteiger partial charge < -0.3 is 19.3 Å². The van der Waals surface area contributed by atoms with Crippen LogP contribution >= 0.6 is 11.6 Å². The highest BCUT2D eigenvalue weighted by molar-refractivity contribution is 6.30. The second-order valence-electron chi connectivity index (χ2n) is 5.55. The largest absolute Gasteiger partial charge is 0.484 e. The first-order chi connectivity index (χ1) is 11.5. The molecule has 0 radical (unpaired) electrons. The van der Waals surface area contributed by atoms with Crippen LogP contribution in [-0.4, -0.2) is 67.1 Å². The summed E-state index contributed by atoms with van der Waals surface area (Å²) < 4.78 is 10.8. The topological polar surface area (TPSA) is 59.1 Å². The third-order valence-electron chi connectivity index (χ3n) is 3.88. The van der Waals surface area contributed by atoms with Crippen LogP contribution in [0.3, 0.4) is 0 Å². The summed E-state index contributed by atoms with van der Waals surface area (Å²) in [5.41, 5.74) is 0. The summed E-state index contributed by atoms with van der Waals surface area (Å²) in [5, 5.41) is 0.621. The first-order valence-corrected chi connectivity index (χ1v) is 8.45. The second kappa shape index (κ2) is 8.89. The molecule has 2 amide bonds. The fourth-order valence-electron chi connectivity index (χ4n) is 2.52. The van der Waals surface area contributed by atoms with E-state index in [-0.39, 0.29) is 18.4 Å². The number of hydrogen-bond acceptors (Lipinski definition) is 4. The van der Waals surface area contributed by atoms with Crippen LogP contribution in [0.15, 0.2) is 24.3 Å². The van der Waals surface area contributed by atoms with Crippen molar-refractivity contribution < 1.29 is 19.1 Å². The van der Waals surface area contributed by atoms with Crippen molar-refractivity contribution in [1.82, 2.24) is 9.80 Å². The van der Waals surface area contributed by atoms with Crippen LogP contribution in [0.1, 0.15) is 13.8 Å². The minimum atomic E-state index is -0.439. The monoisotopic (exact) mass is 354 g/mol. The maximum absolute atomic E-state index is 12.2. The van der Waals surface area contributed by atoms with Gasteiger partial charge in [0.15, 0.2) is 6.61 Å². The van der Waals surface area contributed by atoms with E-state index in [1.807, 2.05) is 6.92 Å². The molecule has 6 nitrogen and oxygen atoms in total. The summed E-state index contributed by atoms with van der Waals surface area (Å²) in [4.78, 5) is 27.8. The van der Waals surface area contributed by atoms with Gasteiger partial charge in [-0.05, 0) is 38.1 Å². The normalized spacial score (nSPS) is 16.0. The molecular weight excluding hydrogens is 332 g/mol. The van der Waals surface area contributed by atoms with E-state index in [1.165, 1.54) is 0 Å². The first-order valence-electron chi connectivity index (χ1n) is 8.07. The lowest BCUT2D eigenvalue weighted by atomic mass is 10.2. The summed E-state index contributed by atoms with van der Waals surface area (Å²) >= 11 is 5.81. The Labute approximate surface area is 147 Å². The number of amides is 2. The molecule has 132 valence electrons. The van der Waals surface area contributed by atoms with Gasteiger partial charge in [-0.3, -0.25) is 9.59 Å². The zero-order valence-corrected chi connectivity index (χ0v) is 14.8. The van der Waals surface area contributed by atoms with E-state index in [9.17, 15) is 9.59 Å². The van der Waals surface area contributed by atoms with E-state index < -0.39 is 6.10 Å². The number of carbonyl (C=O) groups excluding carboxylic acids is 2. The van der Waals surface area contributed by atoms with Crippen LogP contribution < -0.4 is 4.74 Å². The average Bonchev–Trinajstić information content (AvgIpc) is 2.60. The van der Waals surface area contributed by atoms with Crippen molar-refractivity contribution in [2.24, 2.45) is 0 Å². The van der Waals surface area contributed by atoms with E-state index in [1.54, 1.807) is 41.0 Å². The molecule has 0 spiro atoms. The van der Waals surface area contributed by atoms with Crippen LogP contribution in [-0.2, 0) is 14.3 Å². The van der Waals surface area contributed by atoms with Crippen LogP contribution in [0.5, 0.6) is 5.75 Å². The predicted molar refractivity (Wildman–Crippen MR) is 91.2 cm³/mol. The summed E-state index contributed by atoms with van der Waals surface area (Å²) in [7, 11) is 0. The average molecular weight is 355 g/mol. The Morgan fingerprint density at radius 2 is 1.71 bits per heavy atom. The van der Waals surface area contributed by atoms with Gasteiger partial charge in [-0.15, -0.1) is 0 Å². The molecule has 2 rings (SSSR count). The lowest BCUT2D eigenvalue weighted by Gasteiger charge is -2.35. The molecule has 1 atom stereocenters.